The lowest BCUT2D eigenvalue weighted by molar-refractivity contribution is 0.0966. The molecule has 0 bridgehead atoms. The second-order valence-corrected chi connectivity index (χ2v) is 8.28. The maximum absolute atomic E-state index is 12.9. The number of halogens is 1. The van der Waals surface area contributed by atoms with Gasteiger partial charge in [0.15, 0.2) is 0 Å². The van der Waals surface area contributed by atoms with Crippen molar-refractivity contribution in [2.75, 3.05) is 6.54 Å². The van der Waals surface area contributed by atoms with Crippen LogP contribution in [-0.4, -0.2) is 26.5 Å². The molecule has 0 spiro atoms. The smallest absolute Gasteiger partial charge is 0.262 e. The van der Waals surface area contributed by atoms with Crippen LogP contribution < -0.4 is 10.0 Å². The van der Waals surface area contributed by atoms with E-state index in [4.69, 9.17) is 0 Å². The number of fused-ring (bicyclic) bond motifs is 1. The number of nitrogens with one attached hydrogen (secondary N) is 2. The van der Waals surface area contributed by atoms with Gasteiger partial charge in [-0.2, -0.15) is 0 Å². The molecule has 0 atom stereocenters. The summed E-state index contributed by atoms with van der Waals surface area (Å²) < 4.78 is 28.4. The molecule has 8 heteroatoms. The highest BCUT2D eigenvalue weighted by Crippen LogP contribution is 2.25. The normalized spacial score (nSPS) is 14.0. The first-order chi connectivity index (χ1) is 12.8. The van der Waals surface area contributed by atoms with Crippen molar-refractivity contribution in [2.24, 2.45) is 0 Å². The average molecular weight is 447 g/mol. The van der Waals surface area contributed by atoms with Crippen LogP contribution in [-0.2, 0) is 10.0 Å². The van der Waals surface area contributed by atoms with E-state index in [1.165, 1.54) is 30.3 Å². The lowest BCUT2D eigenvalue weighted by Crippen LogP contribution is -2.38. The Morgan fingerprint density at radius 2 is 1.48 bits per heavy atom. The van der Waals surface area contributed by atoms with E-state index in [0.717, 1.165) is 0 Å². The van der Waals surface area contributed by atoms with Crippen LogP contribution in [0.5, 0.6) is 0 Å². The number of rotatable bonds is 6. The lowest BCUT2D eigenvalue weighted by atomic mass is 9.90. The molecule has 2 aromatic rings. The highest BCUT2D eigenvalue weighted by atomic mass is 79.9. The largest absolute Gasteiger partial charge is 0.377 e. The highest BCUT2D eigenvalue weighted by molar-refractivity contribution is 9.10. The van der Waals surface area contributed by atoms with Gasteiger partial charge in [-0.15, -0.1) is 6.58 Å². The van der Waals surface area contributed by atoms with Gasteiger partial charge in [0.2, 0.25) is 11.6 Å². The van der Waals surface area contributed by atoms with Gasteiger partial charge in [0.25, 0.3) is 10.0 Å². The molecule has 138 valence electrons. The number of Topliss-reactive ketones (excluding diaryl/α,β-unsaturated/α-hetero) is 2. The molecule has 0 unspecified atom stereocenters. The van der Waals surface area contributed by atoms with E-state index in [1.807, 2.05) is 0 Å². The maximum atomic E-state index is 12.9. The molecule has 0 radical (unpaired) electrons. The molecule has 1 aliphatic rings. The Balaban J connectivity index is 2.08. The van der Waals surface area contributed by atoms with Gasteiger partial charge in [0, 0.05) is 22.1 Å². The molecule has 27 heavy (non-hydrogen) atoms. The summed E-state index contributed by atoms with van der Waals surface area (Å²) in [4.78, 5) is 25.7. The predicted molar refractivity (Wildman–Crippen MR) is 105 cm³/mol. The zero-order valence-electron chi connectivity index (χ0n) is 14.0. The SMILES string of the molecule is C=CCNC1=C(NS(=O)(=O)c2ccc(Br)cc2)C(=O)c2ccccc2C1=O. The molecule has 0 heterocycles. The maximum Gasteiger partial charge on any atom is 0.262 e. The lowest BCUT2D eigenvalue weighted by Gasteiger charge is -2.22. The van der Waals surface area contributed by atoms with Crippen molar-refractivity contribution in [1.82, 2.24) is 10.0 Å². The minimum absolute atomic E-state index is 0.0274. The third kappa shape index (κ3) is 3.72. The first-order valence-corrected chi connectivity index (χ1v) is 10.2. The average Bonchev–Trinajstić information content (AvgIpc) is 2.66. The van der Waals surface area contributed by atoms with Crippen molar-refractivity contribution in [3.8, 4) is 0 Å². The topological polar surface area (TPSA) is 92.3 Å². The van der Waals surface area contributed by atoms with Gasteiger partial charge in [-0.05, 0) is 24.3 Å². The van der Waals surface area contributed by atoms with E-state index in [1.54, 1.807) is 24.3 Å². The number of ketones is 2. The number of sulfonamides is 1. The predicted octanol–water partition coefficient (Wildman–Crippen LogP) is 2.79. The van der Waals surface area contributed by atoms with Gasteiger partial charge >= 0.3 is 0 Å². The van der Waals surface area contributed by atoms with Crippen molar-refractivity contribution in [3.63, 3.8) is 0 Å². The van der Waals surface area contributed by atoms with Crippen LogP contribution in [0.1, 0.15) is 20.7 Å². The number of allylic oxidation sites excluding steroid dienone is 2. The molecule has 2 N–H and O–H groups in total. The van der Waals surface area contributed by atoms with Gasteiger partial charge in [0.05, 0.1) is 4.90 Å². The first kappa shape index (κ1) is 19.1. The van der Waals surface area contributed by atoms with Crippen molar-refractivity contribution in [2.45, 2.75) is 4.90 Å². The van der Waals surface area contributed by atoms with Gasteiger partial charge < -0.3 is 5.32 Å². The molecule has 1 aliphatic carbocycles. The van der Waals surface area contributed by atoms with Gasteiger partial charge in [-0.1, -0.05) is 46.3 Å². The van der Waals surface area contributed by atoms with Gasteiger partial charge in [-0.25, -0.2) is 8.42 Å². The summed E-state index contributed by atoms with van der Waals surface area (Å²) in [6.45, 7) is 3.76. The van der Waals surface area contributed by atoms with E-state index in [2.05, 4.69) is 32.5 Å². The number of carbonyl (C=O) groups is 2. The quantitative estimate of drug-likeness (QED) is 0.665. The van der Waals surface area contributed by atoms with Crippen LogP contribution in [0.25, 0.3) is 0 Å². The van der Waals surface area contributed by atoms with Crippen LogP contribution in [0.4, 0.5) is 0 Å². The Bertz CT molecular complexity index is 1070. The summed E-state index contributed by atoms with van der Waals surface area (Å²) in [5, 5.41) is 2.78. The molecule has 6 nitrogen and oxygen atoms in total. The molecule has 0 amide bonds. The fourth-order valence-corrected chi connectivity index (χ4v) is 3.96. The van der Waals surface area contributed by atoms with Crippen molar-refractivity contribution < 1.29 is 18.0 Å². The molecule has 0 saturated carbocycles. The zero-order valence-corrected chi connectivity index (χ0v) is 16.4. The standard InChI is InChI=1S/C19H15BrN2O4S/c1-2-11-21-16-17(19(24)15-6-4-3-5-14(15)18(16)23)22-27(25,26)13-9-7-12(20)8-10-13/h2-10,21-22H,1,11H2. The summed E-state index contributed by atoms with van der Waals surface area (Å²) >= 11 is 3.24. The second kappa shape index (κ2) is 7.50. The van der Waals surface area contributed by atoms with Crippen molar-refractivity contribution >= 4 is 37.5 Å². The Hall–Kier alpha value is -2.71. The Morgan fingerprint density at radius 3 is 2.04 bits per heavy atom. The Morgan fingerprint density at radius 1 is 0.926 bits per heavy atom. The zero-order chi connectivity index (χ0) is 19.6. The Kier molecular flexibility index (Phi) is 5.29. The van der Waals surface area contributed by atoms with Crippen molar-refractivity contribution in [1.29, 1.82) is 0 Å². The molecule has 2 aromatic carbocycles. The van der Waals surface area contributed by atoms with Crippen LogP contribution in [0, 0.1) is 0 Å². The molecule has 0 aromatic heterocycles. The fraction of sp³-hybridized carbons (Fsp3) is 0.0526. The summed E-state index contributed by atoms with van der Waals surface area (Å²) in [6.07, 6.45) is 1.51. The number of hydrogen-bond donors (Lipinski definition) is 2. The van der Waals surface area contributed by atoms with E-state index in [9.17, 15) is 18.0 Å². The van der Waals surface area contributed by atoms with E-state index < -0.39 is 21.6 Å². The number of benzene rings is 2. The minimum atomic E-state index is -4.06. The van der Waals surface area contributed by atoms with Crippen LogP contribution in [0.3, 0.4) is 0 Å². The number of hydrogen-bond acceptors (Lipinski definition) is 5. The third-order valence-electron chi connectivity index (χ3n) is 3.90. The van der Waals surface area contributed by atoms with Gasteiger partial charge in [-0.3, -0.25) is 14.3 Å². The minimum Gasteiger partial charge on any atom is -0.377 e. The van der Waals surface area contributed by atoms with Crippen LogP contribution in [0.15, 0.2) is 81.9 Å². The highest BCUT2D eigenvalue weighted by Gasteiger charge is 2.34. The van der Waals surface area contributed by atoms with E-state index >= 15 is 0 Å². The first-order valence-electron chi connectivity index (χ1n) is 7.91. The number of carbonyl (C=O) groups excluding carboxylic acids is 2. The molecule has 0 aliphatic heterocycles. The summed E-state index contributed by atoms with van der Waals surface area (Å²) in [5.74, 6) is -1.03. The summed E-state index contributed by atoms with van der Waals surface area (Å²) in [5.41, 5.74) is -0.0245. The van der Waals surface area contributed by atoms with Crippen molar-refractivity contribution in [3.05, 3.63) is 88.2 Å². The monoisotopic (exact) mass is 446 g/mol. The van der Waals surface area contributed by atoms with E-state index in [0.29, 0.717) is 4.47 Å². The Labute approximate surface area is 165 Å². The molecular formula is C19H15BrN2O4S. The molecule has 3 rings (SSSR count). The summed E-state index contributed by atoms with van der Waals surface area (Å²) in [6, 6.07) is 12.2. The van der Waals surface area contributed by atoms with E-state index in [-0.39, 0.29) is 34.0 Å². The molecule has 0 saturated heterocycles. The van der Waals surface area contributed by atoms with Crippen LogP contribution >= 0.6 is 15.9 Å². The molecular weight excluding hydrogens is 432 g/mol. The molecule has 0 fully saturated rings. The summed E-state index contributed by atoms with van der Waals surface area (Å²) in [7, 11) is -4.06. The van der Waals surface area contributed by atoms with Crippen LogP contribution in [0.2, 0.25) is 0 Å². The third-order valence-corrected chi connectivity index (χ3v) is 5.80. The fourth-order valence-electron chi connectivity index (χ4n) is 2.62. The van der Waals surface area contributed by atoms with Gasteiger partial charge in [0.1, 0.15) is 11.4 Å². The second-order valence-electron chi connectivity index (χ2n) is 5.68.